The van der Waals surface area contributed by atoms with Crippen molar-refractivity contribution in [3.63, 3.8) is 0 Å². The molecule has 0 spiro atoms. The summed E-state index contributed by atoms with van der Waals surface area (Å²) in [6.07, 6.45) is 0. The fraction of sp³-hybridized carbons (Fsp3) is 0.500. The number of anilines is 2. The van der Waals surface area contributed by atoms with E-state index in [1.54, 1.807) is 6.07 Å². The Hall–Kier alpha value is -1.88. The molecule has 2 heterocycles. The minimum atomic E-state index is -0.528. The number of fused-ring (bicyclic) bond motifs is 1. The van der Waals surface area contributed by atoms with E-state index in [-0.39, 0.29) is 5.54 Å². The Bertz CT molecular complexity index is 596. The molecular weight excluding hydrogens is 266 g/mol. The summed E-state index contributed by atoms with van der Waals surface area (Å²) < 4.78 is 0. The Labute approximate surface area is 124 Å². The van der Waals surface area contributed by atoms with Gasteiger partial charge in [-0.1, -0.05) is 0 Å². The number of nitrogens with zero attached hydrogens (tertiary/aromatic N) is 2. The lowest BCUT2D eigenvalue weighted by atomic mass is 10.0. The number of rotatable bonds is 1. The van der Waals surface area contributed by atoms with Crippen molar-refractivity contribution in [3.8, 4) is 0 Å². The summed E-state index contributed by atoms with van der Waals surface area (Å²) in [7, 11) is 0. The van der Waals surface area contributed by atoms with E-state index in [0.29, 0.717) is 11.3 Å². The van der Waals surface area contributed by atoms with Crippen molar-refractivity contribution >= 4 is 23.1 Å². The lowest BCUT2D eigenvalue weighted by Crippen LogP contribution is -2.53. The summed E-state index contributed by atoms with van der Waals surface area (Å²) in [6.45, 7) is 10.7. The Morgan fingerprint density at radius 3 is 2.33 bits per heavy atom. The van der Waals surface area contributed by atoms with Gasteiger partial charge in [-0.2, -0.15) is 0 Å². The Balaban J connectivity index is 1.74. The zero-order chi connectivity index (χ0) is 15.2. The fourth-order valence-electron chi connectivity index (χ4n) is 2.97. The normalized spacial score (nSPS) is 19.7. The van der Waals surface area contributed by atoms with Gasteiger partial charge < -0.3 is 10.2 Å². The standard InChI is InChI=1S/C16H21N3O2/c1-16(2,3)19-8-6-18(7-9-19)11-4-5-12-13(10-11)17-15(21)14(12)20/h4-5,10H,6-9H2,1-3H3,(H,17,20,21). The highest BCUT2D eigenvalue weighted by Crippen LogP contribution is 2.29. The number of amides is 1. The minimum absolute atomic E-state index is 0.199. The van der Waals surface area contributed by atoms with E-state index in [9.17, 15) is 9.59 Å². The summed E-state index contributed by atoms with van der Waals surface area (Å²) in [6, 6.07) is 5.59. The smallest absolute Gasteiger partial charge is 0.296 e. The monoisotopic (exact) mass is 287 g/mol. The van der Waals surface area contributed by atoms with Gasteiger partial charge in [0.25, 0.3) is 11.7 Å². The van der Waals surface area contributed by atoms with E-state index in [1.807, 2.05) is 12.1 Å². The van der Waals surface area contributed by atoms with Crippen molar-refractivity contribution in [1.29, 1.82) is 0 Å². The molecular formula is C16H21N3O2. The van der Waals surface area contributed by atoms with E-state index in [2.05, 4.69) is 35.9 Å². The Morgan fingerprint density at radius 2 is 1.71 bits per heavy atom. The predicted molar refractivity (Wildman–Crippen MR) is 82.9 cm³/mol. The summed E-state index contributed by atoms with van der Waals surface area (Å²) in [4.78, 5) is 27.8. The summed E-state index contributed by atoms with van der Waals surface area (Å²) in [5, 5.41) is 2.63. The first-order valence-corrected chi connectivity index (χ1v) is 7.36. The van der Waals surface area contributed by atoms with E-state index < -0.39 is 11.7 Å². The van der Waals surface area contributed by atoms with Crippen molar-refractivity contribution < 1.29 is 9.59 Å². The van der Waals surface area contributed by atoms with Crippen LogP contribution in [0.2, 0.25) is 0 Å². The molecule has 1 N–H and O–H groups in total. The van der Waals surface area contributed by atoms with Crippen LogP contribution in [0.5, 0.6) is 0 Å². The third-order valence-corrected chi connectivity index (χ3v) is 4.30. The molecule has 1 aromatic carbocycles. The summed E-state index contributed by atoms with van der Waals surface area (Å²) in [5.74, 6) is -0.964. The highest BCUT2D eigenvalue weighted by atomic mass is 16.2. The van der Waals surface area contributed by atoms with E-state index in [1.165, 1.54) is 0 Å². The van der Waals surface area contributed by atoms with Crippen LogP contribution in [0, 0.1) is 0 Å². The second kappa shape index (κ2) is 4.84. The van der Waals surface area contributed by atoms with Crippen LogP contribution in [-0.2, 0) is 4.79 Å². The number of ketones is 1. The first-order valence-electron chi connectivity index (χ1n) is 7.36. The van der Waals surface area contributed by atoms with Gasteiger partial charge in [0.05, 0.1) is 11.3 Å². The van der Waals surface area contributed by atoms with Crippen LogP contribution in [0.15, 0.2) is 18.2 Å². The molecule has 0 atom stereocenters. The molecule has 0 aliphatic carbocycles. The third-order valence-electron chi connectivity index (χ3n) is 4.30. The predicted octanol–water partition coefficient (Wildman–Crippen LogP) is 1.74. The lowest BCUT2D eigenvalue weighted by molar-refractivity contribution is -0.112. The van der Waals surface area contributed by atoms with Crippen molar-refractivity contribution in [3.05, 3.63) is 23.8 Å². The van der Waals surface area contributed by atoms with Crippen molar-refractivity contribution in [2.75, 3.05) is 36.4 Å². The van der Waals surface area contributed by atoms with Crippen molar-refractivity contribution in [2.45, 2.75) is 26.3 Å². The van der Waals surface area contributed by atoms with Crippen LogP contribution in [0.1, 0.15) is 31.1 Å². The van der Waals surface area contributed by atoms with Gasteiger partial charge in [-0.3, -0.25) is 14.5 Å². The number of hydrogen-bond acceptors (Lipinski definition) is 4. The summed E-state index contributed by atoms with van der Waals surface area (Å²) >= 11 is 0. The van der Waals surface area contributed by atoms with Gasteiger partial charge in [0.15, 0.2) is 0 Å². The number of benzene rings is 1. The maximum Gasteiger partial charge on any atom is 0.296 e. The molecule has 0 unspecified atom stereocenters. The lowest BCUT2D eigenvalue weighted by Gasteiger charge is -2.43. The maximum atomic E-state index is 11.6. The molecule has 0 radical (unpaired) electrons. The fourth-order valence-corrected chi connectivity index (χ4v) is 2.97. The largest absolute Gasteiger partial charge is 0.369 e. The number of carbonyl (C=O) groups is 2. The van der Waals surface area contributed by atoms with Crippen LogP contribution in [-0.4, -0.2) is 48.3 Å². The maximum absolute atomic E-state index is 11.6. The van der Waals surface area contributed by atoms with Crippen LogP contribution in [0.25, 0.3) is 0 Å². The van der Waals surface area contributed by atoms with Gasteiger partial charge in [-0.15, -0.1) is 0 Å². The average molecular weight is 287 g/mol. The molecule has 21 heavy (non-hydrogen) atoms. The van der Waals surface area contributed by atoms with Crippen molar-refractivity contribution in [1.82, 2.24) is 4.90 Å². The number of hydrogen-bond donors (Lipinski definition) is 1. The number of carbonyl (C=O) groups excluding carboxylic acids is 2. The van der Waals surface area contributed by atoms with E-state index in [0.717, 1.165) is 31.9 Å². The number of nitrogens with one attached hydrogen (secondary N) is 1. The first kappa shape index (κ1) is 14.1. The van der Waals surface area contributed by atoms with Crippen LogP contribution in [0.4, 0.5) is 11.4 Å². The molecule has 3 rings (SSSR count). The Kier molecular flexibility index (Phi) is 3.24. The molecule has 2 aliphatic rings. The molecule has 1 amide bonds. The van der Waals surface area contributed by atoms with Gasteiger partial charge in [0.2, 0.25) is 0 Å². The van der Waals surface area contributed by atoms with Crippen molar-refractivity contribution in [2.24, 2.45) is 0 Å². The average Bonchev–Trinajstić information content (AvgIpc) is 2.73. The number of Topliss-reactive ketones (excluding diaryl/α,β-unsaturated/α-hetero) is 1. The van der Waals surface area contributed by atoms with Gasteiger partial charge in [-0.05, 0) is 39.0 Å². The molecule has 1 saturated heterocycles. The summed E-state index contributed by atoms with van der Waals surface area (Å²) in [5.41, 5.74) is 2.39. The highest BCUT2D eigenvalue weighted by molar-refractivity contribution is 6.51. The van der Waals surface area contributed by atoms with Crippen LogP contribution < -0.4 is 10.2 Å². The molecule has 0 saturated carbocycles. The van der Waals surface area contributed by atoms with Gasteiger partial charge >= 0.3 is 0 Å². The molecule has 2 aliphatic heterocycles. The molecule has 1 fully saturated rings. The Morgan fingerprint density at radius 1 is 1.05 bits per heavy atom. The van der Waals surface area contributed by atoms with E-state index in [4.69, 9.17) is 0 Å². The van der Waals surface area contributed by atoms with E-state index >= 15 is 0 Å². The van der Waals surface area contributed by atoms with Crippen LogP contribution >= 0.6 is 0 Å². The highest BCUT2D eigenvalue weighted by Gasteiger charge is 2.30. The van der Waals surface area contributed by atoms with Gasteiger partial charge in [0.1, 0.15) is 0 Å². The molecule has 5 nitrogen and oxygen atoms in total. The number of piperazine rings is 1. The first-order chi connectivity index (χ1) is 9.86. The van der Waals surface area contributed by atoms with Crippen LogP contribution in [0.3, 0.4) is 0 Å². The third kappa shape index (κ3) is 2.53. The molecule has 5 heteroatoms. The SMILES string of the molecule is CC(C)(C)N1CCN(c2ccc3c(c2)NC(=O)C3=O)CC1. The quantitative estimate of drug-likeness (QED) is 0.799. The topological polar surface area (TPSA) is 52.6 Å². The zero-order valence-corrected chi connectivity index (χ0v) is 12.8. The second-order valence-corrected chi connectivity index (χ2v) is 6.66. The van der Waals surface area contributed by atoms with Gasteiger partial charge in [0, 0.05) is 37.4 Å². The minimum Gasteiger partial charge on any atom is -0.369 e. The molecule has 0 bridgehead atoms. The molecule has 0 aromatic heterocycles. The molecule has 112 valence electrons. The molecule has 1 aromatic rings. The zero-order valence-electron chi connectivity index (χ0n) is 12.8. The second-order valence-electron chi connectivity index (χ2n) is 6.66. The van der Waals surface area contributed by atoms with Gasteiger partial charge in [-0.25, -0.2) is 0 Å².